The molecule has 1 aromatic heterocycles. The van der Waals surface area contributed by atoms with Crippen molar-refractivity contribution in [1.29, 1.82) is 0 Å². The summed E-state index contributed by atoms with van der Waals surface area (Å²) in [4.78, 5) is 0. The molecule has 1 saturated heterocycles. The Labute approximate surface area is 94.8 Å². The maximum Gasteiger partial charge on any atom is 0.136 e. The Morgan fingerprint density at radius 3 is 3.12 bits per heavy atom. The molecule has 1 fully saturated rings. The van der Waals surface area contributed by atoms with Crippen LogP contribution in [0, 0.1) is 0 Å². The predicted molar refractivity (Wildman–Crippen MR) is 65.7 cm³/mol. The number of piperidine rings is 1. The summed E-state index contributed by atoms with van der Waals surface area (Å²) in [5.41, 5.74) is 2.07. The first-order valence-electron chi connectivity index (χ1n) is 5.87. The Hall–Kier alpha value is -1.48. The van der Waals surface area contributed by atoms with Crippen LogP contribution in [0.1, 0.15) is 12.8 Å². The highest BCUT2D eigenvalue weighted by atomic mass is 16.3. The van der Waals surface area contributed by atoms with E-state index in [2.05, 4.69) is 16.7 Å². The number of hydrogen-bond acceptors (Lipinski definition) is 3. The number of para-hydroxylation sites is 1. The number of benzene rings is 1. The highest BCUT2D eigenvalue weighted by Gasteiger charge is 2.14. The van der Waals surface area contributed by atoms with Crippen molar-refractivity contribution >= 4 is 16.7 Å². The Bertz CT molecular complexity index is 471. The van der Waals surface area contributed by atoms with Crippen LogP contribution in [0.3, 0.4) is 0 Å². The number of rotatable bonds is 2. The summed E-state index contributed by atoms with van der Waals surface area (Å²) >= 11 is 0. The van der Waals surface area contributed by atoms with E-state index in [1.165, 1.54) is 18.2 Å². The average molecular weight is 216 g/mol. The summed E-state index contributed by atoms with van der Waals surface area (Å²) in [6, 6.07) is 8.66. The van der Waals surface area contributed by atoms with Crippen LogP contribution in [0.2, 0.25) is 0 Å². The first kappa shape index (κ1) is 9.73. The second-order valence-corrected chi connectivity index (χ2v) is 4.33. The summed E-state index contributed by atoms with van der Waals surface area (Å²) in [5.74, 6) is 0. The van der Waals surface area contributed by atoms with E-state index < -0.39 is 0 Å². The van der Waals surface area contributed by atoms with Gasteiger partial charge in [0.25, 0.3) is 0 Å². The third-order valence-corrected chi connectivity index (χ3v) is 3.14. The molecule has 16 heavy (non-hydrogen) atoms. The van der Waals surface area contributed by atoms with Gasteiger partial charge in [-0.3, -0.25) is 0 Å². The van der Waals surface area contributed by atoms with E-state index in [-0.39, 0.29) is 0 Å². The fourth-order valence-electron chi connectivity index (χ4n) is 2.28. The van der Waals surface area contributed by atoms with Crippen molar-refractivity contribution < 1.29 is 4.42 Å². The van der Waals surface area contributed by atoms with Crippen LogP contribution in [-0.2, 0) is 0 Å². The molecule has 3 heteroatoms. The molecule has 2 heterocycles. The summed E-state index contributed by atoms with van der Waals surface area (Å²) in [5, 5.41) is 8.12. The molecule has 2 N–H and O–H groups in total. The Balaban J connectivity index is 1.83. The van der Waals surface area contributed by atoms with Gasteiger partial charge in [0.05, 0.1) is 5.69 Å². The van der Waals surface area contributed by atoms with Crippen molar-refractivity contribution in [3.63, 3.8) is 0 Å². The molecule has 0 amide bonds. The molecule has 0 aliphatic carbocycles. The Morgan fingerprint density at radius 2 is 2.25 bits per heavy atom. The van der Waals surface area contributed by atoms with Crippen molar-refractivity contribution in [2.75, 3.05) is 18.4 Å². The molecule has 1 aliphatic rings. The fourth-order valence-corrected chi connectivity index (χ4v) is 2.28. The zero-order chi connectivity index (χ0) is 10.8. The number of furan rings is 1. The molecule has 0 saturated carbocycles. The topological polar surface area (TPSA) is 37.2 Å². The normalized spacial score (nSPS) is 21.1. The molecule has 1 aromatic carbocycles. The van der Waals surface area contributed by atoms with Gasteiger partial charge in [0.2, 0.25) is 0 Å². The van der Waals surface area contributed by atoms with Crippen molar-refractivity contribution in [1.82, 2.24) is 5.32 Å². The largest absolute Gasteiger partial charge is 0.462 e. The maximum absolute atomic E-state index is 5.51. The van der Waals surface area contributed by atoms with Crippen LogP contribution in [0.25, 0.3) is 11.0 Å². The van der Waals surface area contributed by atoms with Crippen LogP contribution in [-0.4, -0.2) is 19.1 Å². The van der Waals surface area contributed by atoms with Gasteiger partial charge < -0.3 is 15.1 Å². The number of fused-ring (bicyclic) bond motifs is 1. The zero-order valence-corrected chi connectivity index (χ0v) is 9.20. The molecule has 1 unspecified atom stereocenters. The molecule has 0 spiro atoms. The van der Waals surface area contributed by atoms with Gasteiger partial charge in [-0.25, -0.2) is 0 Å². The quantitative estimate of drug-likeness (QED) is 0.810. The molecule has 2 aromatic rings. The lowest BCUT2D eigenvalue weighted by Gasteiger charge is -2.24. The van der Waals surface area contributed by atoms with Crippen LogP contribution >= 0.6 is 0 Å². The monoisotopic (exact) mass is 216 g/mol. The lowest BCUT2D eigenvalue weighted by atomic mass is 10.1. The molecular formula is C13H16N2O. The third-order valence-electron chi connectivity index (χ3n) is 3.14. The van der Waals surface area contributed by atoms with E-state index in [9.17, 15) is 0 Å². The standard InChI is InChI=1S/C13H16N2O/c1-2-6-13-11(5-1)12(9-16-13)15-10-4-3-7-14-8-10/h1-2,5-6,9-10,14-15H,3-4,7-8H2. The average Bonchev–Trinajstić information content (AvgIpc) is 2.74. The van der Waals surface area contributed by atoms with Crippen LogP contribution in [0.15, 0.2) is 34.9 Å². The minimum absolute atomic E-state index is 0.523. The molecule has 3 nitrogen and oxygen atoms in total. The Kier molecular flexibility index (Phi) is 2.54. The van der Waals surface area contributed by atoms with Crippen molar-refractivity contribution in [3.8, 4) is 0 Å². The van der Waals surface area contributed by atoms with Crippen LogP contribution in [0.4, 0.5) is 5.69 Å². The third kappa shape index (κ3) is 1.78. The lowest BCUT2D eigenvalue weighted by Crippen LogP contribution is -2.38. The highest BCUT2D eigenvalue weighted by Crippen LogP contribution is 2.26. The van der Waals surface area contributed by atoms with Gasteiger partial charge in [-0.05, 0) is 31.5 Å². The van der Waals surface area contributed by atoms with Gasteiger partial charge in [-0.2, -0.15) is 0 Å². The predicted octanol–water partition coefficient (Wildman–Crippen LogP) is 2.60. The fraction of sp³-hybridized carbons (Fsp3) is 0.385. The van der Waals surface area contributed by atoms with Gasteiger partial charge in [0.1, 0.15) is 11.8 Å². The summed E-state index contributed by atoms with van der Waals surface area (Å²) < 4.78 is 5.51. The molecular weight excluding hydrogens is 200 g/mol. The summed E-state index contributed by atoms with van der Waals surface area (Å²) in [6.45, 7) is 2.18. The second kappa shape index (κ2) is 4.18. The van der Waals surface area contributed by atoms with E-state index in [1.807, 2.05) is 24.5 Å². The molecule has 84 valence electrons. The first-order valence-corrected chi connectivity index (χ1v) is 5.87. The smallest absolute Gasteiger partial charge is 0.136 e. The van der Waals surface area contributed by atoms with Crippen molar-refractivity contribution in [2.45, 2.75) is 18.9 Å². The number of nitrogens with one attached hydrogen (secondary N) is 2. The van der Waals surface area contributed by atoms with E-state index in [4.69, 9.17) is 4.42 Å². The minimum Gasteiger partial charge on any atom is -0.462 e. The molecule has 3 rings (SSSR count). The SMILES string of the molecule is c1ccc2c(NC3CCCNC3)coc2c1. The van der Waals surface area contributed by atoms with Gasteiger partial charge in [0, 0.05) is 18.0 Å². The van der Waals surface area contributed by atoms with E-state index in [0.717, 1.165) is 24.4 Å². The minimum atomic E-state index is 0.523. The van der Waals surface area contributed by atoms with E-state index in [1.54, 1.807) is 0 Å². The maximum atomic E-state index is 5.51. The van der Waals surface area contributed by atoms with Crippen LogP contribution in [0.5, 0.6) is 0 Å². The first-order chi connectivity index (χ1) is 7.93. The molecule has 0 radical (unpaired) electrons. The number of hydrogen-bond donors (Lipinski definition) is 2. The van der Waals surface area contributed by atoms with Gasteiger partial charge in [0.15, 0.2) is 0 Å². The second-order valence-electron chi connectivity index (χ2n) is 4.33. The van der Waals surface area contributed by atoms with Gasteiger partial charge in [-0.1, -0.05) is 12.1 Å². The van der Waals surface area contributed by atoms with E-state index in [0.29, 0.717) is 6.04 Å². The van der Waals surface area contributed by atoms with Crippen LogP contribution < -0.4 is 10.6 Å². The summed E-state index contributed by atoms with van der Waals surface area (Å²) in [6.07, 6.45) is 4.29. The molecule has 0 bridgehead atoms. The number of anilines is 1. The zero-order valence-electron chi connectivity index (χ0n) is 9.20. The summed E-state index contributed by atoms with van der Waals surface area (Å²) in [7, 11) is 0. The molecule has 1 aliphatic heterocycles. The van der Waals surface area contributed by atoms with Crippen molar-refractivity contribution in [2.24, 2.45) is 0 Å². The van der Waals surface area contributed by atoms with E-state index >= 15 is 0 Å². The van der Waals surface area contributed by atoms with Crippen molar-refractivity contribution in [3.05, 3.63) is 30.5 Å². The molecule has 1 atom stereocenters. The Morgan fingerprint density at radius 1 is 1.31 bits per heavy atom. The van der Waals surface area contributed by atoms with Gasteiger partial charge in [-0.15, -0.1) is 0 Å². The highest BCUT2D eigenvalue weighted by molar-refractivity contribution is 5.90. The van der Waals surface area contributed by atoms with Gasteiger partial charge >= 0.3 is 0 Å². The lowest BCUT2D eigenvalue weighted by molar-refractivity contribution is 0.479.